The Morgan fingerprint density at radius 3 is 2.37 bits per heavy atom. The minimum atomic E-state index is -3.83. The van der Waals surface area contributed by atoms with Gasteiger partial charge in [0.2, 0.25) is 0 Å². The van der Waals surface area contributed by atoms with Crippen LogP contribution in [0.3, 0.4) is 0 Å². The zero-order valence-corrected chi connectivity index (χ0v) is 16.0. The first-order chi connectivity index (χ1) is 12.9. The Balaban J connectivity index is 1.71. The first-order valence-corrected chi connectivity index (χ1v) is 10.3. The second-order valence-electron chi connectivity index (χ2n) is 6.77. The standard InChI is InChI=1S/C20H23NO5S/c1-15-6-8-18(9-7-15)27(24,25)26-14-17-4-2-3-5-19(17)16-10-12-21(13-11-16)20(22)23/h2-9,16H,10-14H2,1H3,(H,22,23). The van der Waals surface area contributed by atoms with Gasteiger partial charge in [0.05, 0.1) is 11.5 Å². The average Bonchev–Trinajstić information content (AvgIpc) is 2.67. The Bertz CT molecular complexity index is 900. The van der Waals surface area contributed by atoms with E-state index >= 15 is 0 Å². The monoisotopic (exact) mass is 389 g/mol. The number of benzene rings is 2. The first kappa shape index (κ1) is 19.4. The SMILES string of the molecule is Cc1ccc(S(=O)(=O)OCc2ccccc2C2CCN(C(=O)O)CC2)cc1. The van der Waals surface area contributed by atoms with Crippen molar-refractivity contribution in [3.63, 3.8) is 0 Å². The van der Waals surface area contributed by atoms with Gasteiger partial charge in [-0.15, -0.1) is 0 Å². The van der Waals surface area contributed by atoms with Crippen LogP contribution in [-0.4, -0.2) is 37.6 Å². The van der Waals surface area contributed by atoms with Crippen LogP contribution in [0.25, 0.3) is 0 Å². The summed E-state index contributed by atoms with van der Waals surface area (Å²) in [4.78, 5) is 12.6. The van der Waals surface area contributed by atoms with Crippen molar-refractivity contribution in [3.8, 4) is 0 Å². The van der Waals surface area contributed by atoms with Crippen molar-refractivity contribution in [1.82, 2.24) is 4.90 Å². The van der Waals surface area contributed by atoms with Crippen LogP contribution >= 0.6 is 0 Å². The third-order valence-corrected chi connectivity index (χ3v) is 6.22. The van der Waals surface area contributed by atoms with E-state index in [4.69, 9.17) is 9.29 Å². The lowest BCUT2D eigenvalue weighted by molar-refractivity contribution is 0.132. The Hall–Kier alpha value is -2.38. The largest absolute Gasteiger partial charge is 0.465 e. The van der Waals surface area contributed by atoms with Crippen LogP contribution in [0.5, 0.6) is 0 Å². The molecule has 0 atom stereocenters. The van der Waals surface area contributed by atoms with E-state index in [9.17, 15) is 13.2 Å². The van der Waals surface area contributed by atoms with Gasteiger partial charge in [0, 0.05) is 13.1 Å². The molecule has 2 aromatic rings. The number of hydrogen-bond acceptors (Lipinski definition) is 4. The molecule has 0 aliphatic carbocycles. The molecular formula is C20H23NO5S. The maximum atomic E-state index is 12.4. The summed E-state index contributed by atoms with van der Waals surface area (Å²) in [5.74, 6) is 0.197. The summed E-state index contributed by atoms with van der Waals surface area (Å²) in [5, 5.41) is 9.09. The number of aryl methyl sites for hydroxylation is 1. The van der Waals surface area contributed by atoms with Gasteiger partial charge in [-0.3, -0.25) is 4.18 Å². The lowest BCUT2D eigenvalue weighted by atomic mass is 9.87. The van der Waals surface area contributed by atoms with Crippen LogP contribution in [0.4, 0.5) is 4.79 Å². The van der Waals surface area contributed by atoms with E-state index in [1.54, 1.807) is 12.1 Å². The molecule has 1 amide bonds. The third-order valence-electron chi connectivity index (χ3n) is 4.94. The van der Waals surface area contributed by atoms with Gasteiger partial charge >= 0.3 is 6.09 Å². The van der Waals surface area contributed by atoms with E-state index in [1.807, 2.05) is 31.2 Å². The molecule has 0 bridgehead atoms. The molecule has 1 aliphatic rings. The van der Waals surface area contributed by atoms with Crippen LogP contribution < -0.4 is 0 Å². The summed E-state index contributed by atoms with van der Waals surface area (Å²) in [6.07, 6.45) is 0.538. The molecule has 2 aromatic carbocycles. The van der Waals surface area contributed by atoms with Gasteiger partial charge in [-0.05, 0) is 48.9 Å². The minimum Gasteiger partial charge on any atom is -0.465 e. The van der Waals surface area contributed by atoms with E-state index in [-0.39, 0.29) is 17.4 Å². The van der Waals surface area contributed by atoms with Crippen molar-refractivity contribution in [2.45, 2.75) is 37.2 Å². The highest BCUT2D eigenvalue weighted by molar-refractivity contribution is 7.86. The Morgan fingerprint density at radius 2 is 1.74 bits per heavy atom. The second kappa shape index (κ2) is 8.10. The average molecular weight is 389 g/mol. The molecule has 0 aromatic heterocycles. The molecule has 0 unspecified atom stereocenters. The molecule has 1 heterocycles. The molecular weight excluding hydrogens is 366 g/mol. The van der Waals surface area contributed by atoms with Crippen molar-refractivity contribution in [2.24, 2.45) is 0 Å². The Labute approximate surface area is 159 Å². The van der Waals surface area contributed by atoms with E-state index in [2.05, 4.69) is 0 Å². The number of amides is 1. The predicted molar refractivity (Wildman–Crippen MR) is 101 cm³/mol. The van der Waals surface area contributed by atoms with E-state index < -0.39 is 16.2 Å². The summed E-state index contributed by atoms with van der Waals surface area (Å²) in [6, 6.07) is 14.2. The van der Waals surface area contributed by atoms with Crippen molar-refractivity contribution in [2.75, 3.05) is 13.1 Å². The molecule has 0 spiro atoms. The maximum Gasteiger partial charge on any atom is 0.407 e. The lowest BCUT2D eigenvalue weighted by Gasteiger charge is -2.31. The summed E-state index contributed by atoms with van der Waals surface area (Å²) >= 11 is 0. The Kier molecular flexibility index (Phi) is 5.82. The highest BCUT2D eigenvalue weighted by atomic mass is 32.2. The van der Waals surface area contributed by atoms with E-state index in [0.29, 0.717) is 25.9 Å². The lowest BCUT2D eigenvalue weighted by Crippen LogP contribution is -2.37. The molecule has 1 N–H and O–H groups in total. The highest BCUT2D eigenvalue weighted by Crippen LogP contribution is 2.31. The first-order valence-electron chi connectivity index (χ1n) is 8.88. The quantitative estimate of drug-likeness (QED) is 0.787. The summed E-state index contributed by atoms with van der Waals surface area (Å²) in [6.45, 7) is 2.82. The van der Waals surface area contributed by atoms with Gasteiger partial charge in [0.1, 0.15) is 0 Å². The van der Waals surface area contributed by atoms with Crippen LogP contribution in [0.1, 0.15) is 35.4 Å². The topological polar surface area (TPSA) is 83.9 Å². The second-order valence-corrected chi connectivity index (χ2v) is 8.39. The van der Waals surface area contributed by atoms with Crippen molar-refractivity contribution < 1.29 is 22.5 Å². The van der Waals surface area contributed by atoms with Gasteiger partial charge in [-0.1, -0.05) is 42.0 Å². The number of carbonyl (C=O) groups is 1. The summed E-state index contributed by atoms with van der Waals surface area (Å²) < 4.78 is 30.2. The molecule has 144 valence electrons. The van der Waals surface area contributed by atoms with E-state index in [0.717, 1.165) is 16.7 Å². The number of nitrogens with zero attached hydrogens (tertiary/aromatic N) is 1. The summed E-state index contributed by atoms with van der Waals surface area (Å²) in [5.41, 5.74) is 2.83. The fraction of sp³-hybridized carbons (Fsp3) is 0.350. The normalized spacial score (nSPS) is 15.7. The number of rotatable bonds is 5. The van der Waals surface area contributed by atoms with Gasteiger partial charge in [0.15, 0.2) is 0 Å². The fourth-order valence-electron chi connectivity index (χ4n) is 3.36. The van der Waals surface area contributed by atoms with Crippen molar-refractivity contribution >= 4 is 16.2 Å². The molecule has 0 saturated carbocycles. The van der Waals surface area contributed by atoms with Gasteiger partial charge < -0.3 is 10.0 Å². The number of hydrogen-bond donors (Lipinski definition) is 1. The van der Waals surface area contributed by atoms with Crippen LogP contribution in [0.2, 0.25) is 0 Å². The molecule has 1 fully saturated rings. The van der Waals surface area contributed by atoms with Crippen molar-refractivity contribution in [3.05, 3.63) is 65.2 Å². The fourth-order valence-corrected chi connectivity index (χ4v) is 4.25. The van der Waals surface area contributed by atoms with E-state index in [1.165, 1.54) is 17.0 Å². The number of carboxylic acid groups (broad SMARTS) is 1. The molecule has 6 nitrogen and oxygen atoms in total. The molecule has 3 rings (SSSR count). The number of likely N-dealkylation sites (tertiary alicyclic amines) is 1. The predicted octanol–water partition coefficient (Wildman–Crippen LogP) is 3.76. The maximum absolute atomic E-state index is 12.4. The smallest absolute Gasteiger partial charge is 0.407 e. The Morgan fingerprint density at radius 1 is 1.11 bits per heavy atom. The molecule has 7 heteroatoms. The van der Waals surface area contributed by atoms with Crippen molar-refractivity contribution in [1.29, 1.82) is 0 Å². The summed E-state index contributed by atoms with van der Waals surface area (Å²) in [7, 11) is -3.83. The van der Waals surface area contributed by atoms with Crippen LogP contribution in [0.15, 0.2) is 53.4 Å². The van der Waals surface area contributed by atoms with Gasteiger partial charge in [-0.25, -0.2) is 4.79 Å². The third kappa shape index (κ3) is 4.67. The van der Waals surface area contributed by atoms with Gasteiger partial charge in [0.25, 0.3) is 10.1 Å². The zero-order chi connectivity index (χ0) is 19.4. The molecule has 1 aliphatic heterocycles. The van der Waals surface area contributed by atoms with Crippen LogP contribution in [-0.2, 0) is 20.9 Å². The molecule has 27 heavy (non-hydrogen) atoms. The number of piperidine rings is 1. The molecule has 1 saturated heterocycles. The van der Waals surface area contributed by atoms with Gasteiger partial charge in [-0.2, -0.15) is 8.42 Å². The minimum absolute atomic E-state index is 0.0362. The molecule has 0 radical (unpaired) electrons. The highest BCUT2D eigenvalue weighted by Gasteiger charge is 2.25. The zero-order valence-electron chi connectivity index (χ0n) is 15.2. The van der Waals surface area contributed by atoms with Crippen LogP contribution in [0, 0.1) is 6.92 Å².